The second-order valence-corrected chi connectivity index (χ2v) is 6.49. The summed E-state index contributed by atoms with van der Waals surface area (Å²) in [5, 5.41) is 5.52. The lowest BCUT2D eigenvalue weighted by Gasteiger charge is -2.21. The summed E-state index contributed by atoms with van der Waals surface area (Å²) in [5.41, 5.74) is 1.27. The van der Waals surface area contributed by atoms with Gasteiger partial charge >= 0.3 is 5.97 Å². The highest BCUT2D eigenvalue weighted by Gasteiger charge is 2.15. The van der Waals surface area contributed by atoms with Gasteiger partial charge in [-0.2, -0.15) is 0 Å². The van der Waals surface area contributed by atoms with E-state index >= 15 is 0 Å². The Morgan fingerprint density at radius 2 is 1.72 bits per heavy atom. The zero-order valence-corrected chi connectivity index (χ0v) is 14.7. The SMILES string of the molecule is CC(=O)NCc1ccc(C(=O)OCC(=O)NCC2CCCCC2)cc1. The predicted molar refractivity (Wildman–Crippen MR) is 93.8 cm³/mol. The maximum Gasteiger partial charge on any atom is 0.338 e. The summed E-state index contributed by atoms with van der Waals surface area (Å²) in [6.45, 7) is 2.26. The normalized spacial score (nSPS) is 14.6. The van der Waals surface area contributed by atoms with E-state index in [9.17, 15) is 14.4 Å². The molecular formula is C19H26N2O4. The van der Waals surface area contributed by atoms with Gasteiger partial charge in [0.2, 0.25) is 5.91 Å². The van der Waals surface area contributed by atoms with Crippen LogP contribution in [0.25, 0.3) is 0 Å². The molecule has 0 bridgehead atoms. The fourth-order valence-corrected chi connectivity index (χ4v) is 2.90. The minimum Gasteiger partial charge on any atom is -0.452 e. The Morgan fingerprint density at radius 3 is 2.36 bits per heavy atom. The number of carbonyl (C=O) groups is 3. The summed E-state index contributed by atoms with van der Waals surface area (Å²) in [6.07, 6.45) is 6.06. The minimum atomic E-state index is -0.529. The van der Waals surface area contributed by atoms with Crippen molar-refractivity contribution in [3.8, 4) is 0 Å². The van der Waals surface area contributed by atoms with Crippen molar-refractivity contribution in [1.82, 2.24) is 10.6 Å². The van der Waals surface area contributed by atoms with Gasteiger partial charge in [-0.1, -0.05) is 31.4 Å². The number of esters is 1. The smallest absolute Gasteiger partial charge is 0.338 e. The molecule has 2 rings (SSSR count). The molecule has 0 aromatic heterocycles. The topological polar surface area (TPSA) is 84.5 Å². The van der Waals surface area contributed by atoms with E-state index in [0.717, 1.165) is 18.4 Å². The number of amides is 2. The molecule has 1 aliphatic carbocycles. The van der Waals surface area contributed by atoms with Crippen LogP contribution >= 0.6 is 0 Å². The number of hydrogen-bond acceptors (Lipinski definition) is 4. The van der Waals surface area contributed by atoms with E-state index in [-0.39, 0.29) is 18.4 Å². The van der Waals surface area contributed by atoms with Gasteiger partial charge in [-0.3, -0.25) is 9.59 Å². The molecule has 0 spiro atoms. The van der Waals surface area contributed by atoms with Crippen molar-refractivity contribution in [2.75, 3.05) is 13.2 Å². The molecule has 1 aliphatic rings. The summed E-state index contributed by atoms with van der Waals surface area (Å²) in [6, 6.07) is 6.74. The van der Waals surface area contributed by atoms with Gasteiger partial charge < -0.3 is 15.4 Å². The fraction of sp³-hybridized carbons (Fsp3) is 0.526. The van der Waals surface area contributed by atoms with Crippen LogP contribution in [-0.2, 0) is 20.9 Å². The number of carbonyl (C=O) groups excluding carboxylic acids is 3. The molecule has 1 aromatic rings. The molecule has 0 saturated heterocycles. The molecule has 1 fully saturated rings. The Balaban J connectivity index is 1.69. The third-order valence-electron chi connectivity index (χ3n) is 4.38. The molecule has 6 heteroatoms. The Kier molecular flexibility index (Phi) is 7.44. The average molecular weight is 346 g/mol. The van der Waals surface area contributed by atoms with Gasteiger partial charge in [0.15, 0.2) is 6.61 Å². The van der Waals surface area contributed by atoms with E-state index in [2.05, 4.69) is 10.6 Å². The summed E-state index contributed by atoms with van der Waals surface area (Å²) < 4.78 is 5.05. The molecule has 2 amide bonds. The second kappa shape index (κ2) is 9.81. The molecule has 1 saturated carbocycles. The molecule has 0 unspecified atom stereocenters. The van der Waals surface area contributed by atoms with Gasteiger partial charge in [0.05, 0.1) is 5.56 Å². The van der Waals surface area contributed by atoms with Gasteiger partial charge in [-0.25, -0.2) is 4.79 Å². The number of ether oxygens (including phenoxy) is 1. The van der Waals surface area contributed by atoms with E-state index in [0.29, 0.717) is 24.6 Å². The molecule has 25 heavy (non-hydrogen) atoms. The van der Waals surface area contributed by atoms with Crippen molar-refractivity contribution >= 4 is 17.8 Å². The van der Waals surface area contributed by atoms with Crippen molar-refractivity contribution in [2.45, 2.75) is 45.6 Å². The van der Waals surface area contributed by atoms with Crippen molar-refractivity contribution in [1.29, 1.82) is 0 Å². The van der Waals surface area contributed by atoms with Gasteiger partial charge in [0.25, 0.3) is 5.91 Å². The van der Waals surface area contributed by atoms with Crippen LogP contribution < -0.4 is 10.6 Å². The van der Waals surface area contributed by atoms with Crippen LogP contribution in [0.15, 0.2) is 24.3 Å². The maximum atomic E-state index is 12.0. The quantitative estimate of drug-likeness (QED) is 0.741. The van der Waals surface area contributed by atoms with Crippen molar-refractivity contribution in [3.63, 3.8) is 0 Å². The van der Waals surface area contributed by atoms with Crippen molar-refractivity contribution in [2.24, 2.45) is 5.92 Å². The number of benzene rings is 1. The van der Waals surface area contributed by atoms with Crippen molar-refractivity contribution < 1.29 is 19.1 Å². The lowest BCUT2D eigenvalue weighted by molar-refractivity contribution is -0.124. The van der Waals surface area contributed by atoms with Crippen LogP contribution in [0.5, 0.6) is 0 Å². The molecule has 2 N–H and O–H groups in total. The monoisotopic (exact) mass is 346 g/mol. The highest BCUT2D eigenvalue weighted by atomic mass is 16.5. The van der Waals surface area contributed by atoms with E-state index in [1.54, 1.807) is 24.3 Å². The number of rotatable bonds is 7. The van der Waals surface area contributed by atoms with Crippen LogP contribution in [0.3, 0.4) is 0 Å². The Labute approximate surface area is 148 Å². The second-order valence-electron chi connectivity index (χ2n) is 6.49. The highest BCUT2D eigenvalue weighted by Crippen LogP contribution is 2.22. The lowest BCUT2D eigenvalue weighted by atomic mass is 9.89. The molecule has 6 nitrogen and oxygen atoms in total. The third kappa shape index (κ3) is 6.95. The van der Waals surface area contributed by atoms with E-state index in [1.807, 2.05) is 0 Å². The average Bonchev–Trinajstić information content (AvgIpc) is 2.64. The number of hydrogen-bond donors (Lipinski definition) is 2. The molecule has 0 atom stereocenters. The number of nitrogens with one attached hydrogen (secondary N) is 2. The summed E-state index contributed by atoms with van der Waals surface area (Å²) in [4.78, 5) is 34.6. The van der Waals surface area contributed by atoms with Crippen LogP contribution in [0.4, 0.5) is 0 Å². The summed E-state index contributed by atoms with van der Waals surface area (Å²) in [7, 11) is 0. The summed E-state index contributed by atoms with van der Waals surface area (Å²) in [5.74, 6) is -0.354. The van der Waals surface area contributed by atoms with Crippen LogP contribution in [0.2, 0.25) is 0 Å². The Morgan fingerprint density at radius 1 is 1.04 bits per heavy atom. The van der Waals surface area contributed by atoms with E-state index in [4.69, 9.17) is 4.74 Å². The Hall–Kier alpha value is -2.37. The predicted octanol–water partition coefficient (Wildman–Crippen LogP) is 2.18. The highest BCUT2D eigenvalue weighted by molar-refractivity contribution is 5.91. The molecule has 0 heterocycles. The van der Waals surface area contributed by atoms with Gasteiger partial charge in [0.1, 0.15) is 0 Å². The minimum absolute atomic E-state index is 0.109. The van der Waals surface area contributed by atoms with Gasteiger partial charge in [-0.15, -0.1) is 0 Å². The lowest BCUT2D eigenvalue weighted by Crippen LogP contribution is -2.33. The van der Waals surface area contributed by atoms with E-state index < -0.39 is 5.97 Å². The molecular weight excluding hydrogens is 320 g/mol. The van der Waals surface area contributed by atoms with Gasteiger partial charge in [-0.05, 0) is 36.5 Å². The van der Waals surface area contributed by atoms with E-state index in [1.165, 1.54) is 26.2 Å². The van der Waals surface area contributed by atoms with Crippen LogP contribution in [0, 0.1) is 5.92 Å². The summed E-state index contributed by atoms with van der Waals surface area (Å²) >= 11 is 0. The first-order chi connectivity index (χ1) is 12.0. The Bertz CT molecular complexity index is 592. The first kappa shape index (κ1) is 19.0. The van der Waals surface area contributed by atoms with Gasteiger partial charge in [0, 0.05) is 20.0 Å². The molecule has 0 radical (unpaired) electrons. The molecule has 1 aromatic carbocycles. The standard InChI is InChI=1S/C19H26N2O4/c1-14(22)20-11-16-7-9-17(10-8-16)19(24)25-13-18(23)21-12-15-5-3-2-4-6-15/h7-10,15H,2-6,11-13H2,1H3,(H,20,22)(H,21,23). The van der Waals surface area contributed by atoms with Crippen LogP contribution in [-0.4, -0.2) is 30.9 Å². The maximum absolute atomic E-state index is 12.0. The first-order valence-electron chi connectivity index (χ1n) is 8.82. The molecule has 136 valence electrons. The van der Waals surface area contributed by atoms with Crippen LogP contribution in [0.1, 0.15) is 54.9 Å². The zero-order valence-electron chi connectivity index (χ0n) is 14.7. The zero-order chi connectivity index (χ0) is 18.1. The molecule has 0 aliphatic heterocycles. The largest absolute Gasteiger partial charge is 0.452 e. The fourth-order valence-electron chi connectivity index (χ4n) is 2.90. The first-order valence-corrected chi connectivity index (χ1v) is 8.82. The van der Waals surface area contributed by atoms with Crippen molar-refractivity contribution in [3.05, 3.63) is 35.4 Å². The third-order valence-corrected chi connectivity index (χ3v) is 4.38.